The first-order chi connectivity index (χ1) is 12.5. The third kappa shape index (κ3) is 3.80. The van der Waals surface area contributed by atoms with Crippen molar-refractivity contribution >= 4 is 28.9 Å². The number of hydrazine groups is 1. The van der Waals surface area contributed by atoms with Gasteiger partial charge in [-0.05, 0) is 24.3 Å². The van der Waals surface area contributed by atoms with Crippen LogP contribution in [0.4, 0.5) is 31.8 Å². The molecule has 0 fully saturated rings. The maximum Gasteiger partial charge on any atom is 0.271 e. The van der Waals surface area contributed by atoms with Crippen LogP contribution in [-0.2, 0) is 0 Å². The van der Waals surface area contributed by atoms with Crippen LogP contribution >= 0.6 is 0 Å². The third-order valence-corrected chi connectivity index (χ3v) is 3.28. The standard InChI is InChI=1S/C16H13F2N7O/c17-11-4-3-10(6-12(11)18)23-14-13(19)15(22-8-21-14)24-25-16(26)9-2-1-5-20-7-9/h1-8H,19H2,(H,25,26)(H2,21,22,23,24). The molecule has 3 rings (SSSR count). The van der Waals surface area contributed by atoms with Gasteiger partial charge >= 0.3 is 0 Å². The maximum absolute atomic E-state index is 13.3. The molecule has 0 radical (unpaired) electrons. The molecule has 2 heterocycles. The quantitative estimate of drug-likeness (QED) is 0.517. The molecule has 0 aliphatic rings. The van der Waals surface area contributed by atoms with E-state index in [2.05, 4.69) is 31.1 Å². The lowest BCUT2D eigenvalue weighted by atomic mass is 10.3. The zero-order valence-electron chi connectivity index (χ0n) is 13.2. The van der Waals surface area contributed by atoms with Crippen LogP contribution in [0, 0.1) is 11.6 Å². The topological polar surface area (TPSA) is 118 Å². The number of nitrogens with two attached hydrogens (primary N) is 1. The van der Waals surface area contributed by atoms with Crippen molar-refractivity contribution < 1.29 is 13.6 Å². The number of benzene rings is 1. The largest absolute Gasteiger partial charge is 0.393 e. The van der Waals surface area contributed by atoms with Gasteiger partial charge in [0.2, 0.25) is 0 Å². The number of nitrogens with one attached hydrogen (secondary N) is 3. The Kier molecular flexibility index (Phi) is 4.83. The lowest BCUT2D eigenvalue weighted by Gasteiger charge is -2.13. The van der Waals surface area contributed by atoms with Crippen molar-refractivity contribution in [3.05, 3.63) is 66.3 Å². The lowest BCUT2D eigenvalue weighted by molar-refractivity contribution is 0.0962. The molecule has 0 unspecified atom stereocenters. The van der Waals surface area contributed by atoms with Gasteiger partial charge in [-0.3, -0.25) is 20.6 Å². The number of pyridine rings is 1. The number of hydrogen-bond acceptors (Lipinski definition) is 7. The smallest absolute Gasteiger partial charge is 0.271 e. The minimum atomic E-state index is -1.01. The van der Waals surface area contributed by atoms with Crippen molar-refractivity contribution in [2.45, 2.75) is 0 Å². The minimum absolute atomic E-state index is 0.0729. The van der Waals surface area contributed by atoms with Gasteiger partial charge < -0.3 is 11.1 Å². The monoisotopic (exact) mass is 357 g/mol. The molecule has 0 saturated carbocycles. The van der Waals surface area contributed by atoms with Gasteiger partial charge in [0.05, 0.1) is 5.56 Å². The first kappa shape index (κ1) is 17.0. The summed E-state index contributed by atoms with van der Waals surface area (Å²) >= 11 is 0. The van der Waals surface area contributed by atoms with Crippen LogP contribution in [0.3, 0.4) is 0 Å². The second kappa shape index (κ2) is 7.38. The molecule has 0 bridgehead atoms. The molecular formula is C16H13F2N7O. The lowest BCUT2D eigenvalue weighted by Crippen LogP contribution is -2.30. The van der Waals surface area contributed by atoms with Gasteiger partial charge in [0, 0.05) is 24.1 Å². The Hall–Kier alpha value is -3.82. The van der Waals surface area contributed by atoms with E-state index in [1.165, 1.54) is 18.6 Å². The van der Waals surface area contributed by atoms with Gasteiger partial charge in [0.1, 0.15) is 12.0 Å². The van der Waals surface area contributed by atoms with Gasteiger partial charge in [-0.15, -0.1) is 0 Å². The van der Waals surface area contributed by atoms with Crippen LogP contribution in [0.25, 0.3) is 0 Å². The zero-order valence-corrected chi connectivity index (χ0v) is 13.2. The highest BCUT2D eigenvalue weighted by atomic mass is 19.2. The summed E-state index contributed by atoms with van der Waals surface area (Å²) in [4.78, 5) is 23.7. The van der Waals surface area contributed by atoms with E-state index in [1.807, 2.05) is 0 Å². The van der Waals surface area contributed by atoms with E-state index in [9.17, 15) is 13.6 Å². The molecule has 8 nitrogen and oxygen atoms in total. The van der Waals surface area contributed by atoms with E-state index in [1.54, 1.807) is 18.3 Å². The van der Waals surface area contributed by atoms with Crippen LogP contribution in [0.1, 0.15) is 10.4 Å². The molecule has 26 heavy (non-hydrogen) atoms. The van der Waals surface area contributed by atoms with Crippen molar-refractivity contribution in [3.63, 3.8) is 0 Å². The van der Waals surface area contributed by atoms with Gasteiger partial charge in [0.15, 0.2) is 23.3 Å². The molecule has 0 aliphatic heterocycles. The highest BCUT2D eigenvalue weighted by molar-refractivity contribution is 5.94. The molecule has 1 amide bonds. The first-order valence-corrected chi connectivity index (χ1v) is 7.33. The van der Waals surface area contributed by atoms with Gasteiger partial charge in [-0.1, -0.05) is 0 Å². The van der Waals surface area contributed by atoms with Crippen molar-refractivity contribution in [1.29, 1.82) is 0 Å². The number of nitrogen functional groups attached to an aromatic ring is 1. The third-order valence-electron chi connectivity index (χ3n) is 3.28. The van der Waals surface area contributed by atoms with E-state index >= 15 is 0 Å². The summed E-state index contributed by atoms with van der Waals surface area (Å²) < 4.78 is 26.3. The number of carbonyl (C=O) groups excluding carboxylic acids is 1. The van der Waals surface area contributed by atoms with Crippen molar-refractivity contribution in [2.75, 3.05) is 16.5 Å². The second-order valence-corrected chi connectivity index (χ2v) is 5.06. The molecule has 132 valence electrons. The summed E-state index contributed by atoms with van der Waals surface area (Å²) in [6.45, 7) is 0. The van der Waals surface area contributed by atoms with Gasteiger partial charge in [-0.2, -0.15) is 0 Å². The van der Waals surface area contributed by atoms with Crippen LogP contribution < -0.4 is 21.9 Å². The van der Waals surface area contributed by atoms with E-state index < -0.39 is 17.5 Å². The van der Waals surface area contributed by atoms with Crippen molar-refractivity contribution in [3.8, 4) is 0 Å². The fourth-order valence-corrected chi connectivity index (χ4v) is 1.99. The molecule has 1 aromatic carbocycles. The van der Waals surface area contributed by atoms with Crippen LogP contribution in [0.2, 0.25) is 0 Å². The second-order valence-electron chi connectivity index (χ2n) is 5.06. The van der Waals surface area contributed by atoms with E-state index in [-0.39, 0.29) is 23.0 Å². The number of amides is 1. The van der Waals surface area contributed by atoms with Crippen LogP contribution in [0.15, 0.2) is 49.1 Å². The van der Waals surface area contributed by atoms with Gasteiger partial charge in [-0.25, -0.2) is 18.7 Å². The molecule has 0 aliphatic carbocycles. The molecule has 10 heteroatoms. The highest BCUT2D eigenvalue weighted by Gasteiger charge is 2.11. The number of anilines is 4. The van der Waals surface area contributed by atoms with E-state index in [4.69, 9.17) is 5.73 Å². The molecular weight excluding hydrogens is 344 g/mol. The van der Waals surface area contributed by atoms with Crippen molar-refractivity contribution in [1.82, 2.24) is 20.4 Å². The van der Waals surface area contributed by atoms with E-state index in [0.29, 0.717) is 5.56 Å². The van der Waals surface area contributed by atoms with Gasteiger partial charge in [0.25, 0.3) is 5.91 Å². The number of carbonyl (C=O) groups is 1. The molecule has 3 aromatic rings. The summed E-state index contributed by atoms with van der Waals surface area (Å²) in [7, 11) is 0. The number of hydrogen-bond donors (Lipinski definition) is 4. The zero-order chi connectivity index (χ0) is 18.5. The summed E-state index contributed by atoms with van der Waals surface area (Å²) in [5, 5.41) is 2.75. The highest BCUT2D eigenvalue weighted by Crippen LogP contribution is 2.26. The van der Waals surface area contributed by atoms with E-state index in [0.717, 1.165) is 12.1 Å². The first-order valence-electron chi connectivity index (χ1n) is 7.33. The normalized spacial score (nSPS) is 10.2. The summed E-state index contributed by atoms with van der Waals surface area (Å²) in [6, 6.07) is 6.48. The number of nitrogens with zero attached hydrogens (tertiary/aromatic N) is 3. The Bertz CT molecular complexity index is 937. The summed E-state index contributed by atoms with van der Waals surface area (Å²) in [5.74, 6) is -2.13. The average Bonchev–Trinajstić information content (AvgIpc) is 2.66. The predicted molar refractivity (Wildman–Crippen MR) is 91.4 cm³/mol. The Morgan fingerprint density at radius 3 is 2.62 bits per heavy atom. The van der Waals surface area contributed by atoms with Crippen LogP contribution in [-0.4, -0.2) is 20.9 Å². The summed E-state index contributed by atoms with van der Waals surface area (Å²) in [5.41, 5.74) is 11.6. The summed E-state index contributed by atoms with van der Waals surface area (Å²) in [6.07, 6.45) is 4.14. The number of rotatable bonds is 5. The molecule has 5 N–H and O–H groups in total. The Morgan fingerprint density at radius 1 is 1.08 bits per heavy atom. The molecule has 2 aromatic heterocycles. The maximum atomic E-state index is 13.3. The Morgan fingerprint density at radius 2 is 1.88 bits per heavy atom. The minimum Gasteiger partial charge on any atom is -0.393 e. The Balaban J connectivity index is 1.72. The SMILES string of the molecule is Nc1c(NNC(=O)c2cccnc2)ncnc1Nc1ccc(F)c(F)c1. The fourth-order valence-electron chi connectivity index (χ4n) is 1.99. The number of halogens is 2. The van der Waals surface area contributed by atoms with Crippen molar-refractivity contribution in [2.24, 2.45) is 0 Å². The molecule has 0 spiro atoms. The van der Waals surface area contributed by atoms with Crippen LogP contribution in [0.5, 0.6) is 0 Å². The molecule has 0 saturated heterocycles. The Labute approximate surface area is 146 Å². The molecule has 0 atom stereocenters. The predicted octanol–water partition coefficient (Wildman–Crippen LogP) is 2.23. The number of aromatic nitrogens is 3. The average molecular weight is 357 g/mol. The fraction of sp³-hybridized carbons (Fsp3) is 0.